The molecule has 0 aliphatic carbocycles. The minimum atomic E-state index is -3.31. The van der Waals surface area contributed by atoms with E-state index in [1.165, 1.54) is 5.56 Å². The first-order valence-electron chi connectivity index (χ1n) is 12.9. The molecule has 0 atom stereocenters. The number of likely N-dealkylation sites (tertiary alicyclic amines) is 1. The largest absolute Gasteiger partial charge is 0.457 e. The van der Waals surface area contributed by atoms with Gasteiger partial charge in [0.2, 0.25) is 10.0 Å². The molecule has 38 heavy (non-hydrogen) atoms. The molecule has 0 bridgehead atoms. The van der Waals surface area contributed by atoms with Gasteiger partial charge in [-0.25, -0.2) is 13.2 Å². The van der Waals surface area contributed by atoms with E-state index in [0.717, 1.165) is 51.6 Å². The van der Waals surface area contributed by atoms with Crippen molar-refractivity contribution in [3.63, 3.8) is 0 Å². The van der Waals surface area contributed by atoms with Crippen LogP contribution in [-0.2, 0) is 21.3 Å². The van der Waals surface area contributed by atoms with Gasteiger partial charge in [-0.1, -0.05) is 25.5 Å². The summed E-state index contributed by atoms with van der Waals surface area (Å²) in [5, 5.41) is 3.05. The molecule has 0 spiro atoms. The predicted molar refractivity (Wildman–Crippen MR) is 154 cm³/mol. The quantitative estimate of drug-likeness (QED) is 0.340. The SMILES string of the molecule is CCCCNC(=O)N(CCOC)C1CCN(Cc2ccc(Oc3ccc(NS(C)(=O)=O)cc3)cc2)CC1.Cl. The maximum Gasteiger partial charge on any atom is 0.317 e. The van der Waals surface area contributed by atoms with Crippen LogP contribution in [0.25, 0.3) is 0 Å². The van der Waals surface area contributed by atoms with E-state index in [-0.39, 0.29) is 24.5 Å². The van der Waals surface area contributed by atoms with Crippen molar-refractivity contribution in [3.8, 4) is 11.5 Å². The van der Waals surface area contributed by atoms with Crippen molar-refractivity contribution in [2.24, 2.45) is 0 Å². The number of benzene rings is 2. The van der Waals surface area contributed by atoms with Crippen molar-refractivity contribution in [3.05, 3.63) is 54.1 Å². The van der Waals surface area contributed by atoms with E-state index in [0.29, 0.717) is 36.9 Å². The van der Waals surface area contributed by atoms with Crippen LogP contribution in [0.3, 0.4) is 0 Å². The van der Waals surface area contributed by atoms with E-state index < -0.39 is 10.0 Å². The zero-order chi connectivity index (χ0) is 26.7. The highest BCUT2D eigenvalue weighted by Crippen LogP contribution is 2.25. The Bertz CT molecular complexity index is 1080. The molecule has 0 unspecified atom stereocenters. The molecule has 0 radical (unpaired) electrons. The first kappa shape index (κ1) is 31.7. The van der Waals surface area contributed by atoms with E-state index in [1.807, 2.05) is 17.0 Å². The van der Waals surface area contributed by atoms with Crippen LogP contribution in [0, 0.1) is 0 Å². The molecule has 1 saturated heterocycles. The van der Waals surface area contributed by atoms with Gasteiger partial charge in [-0.3, -0.25) is 9.62 Å². The molecule has 2 amide bonds. The number of hydrogen-bond donors (Lipinski definition) is 2. The van der Waals surface area contributed by atoms with Gasteiger partial charge in [-0.2, -0.15) is 0 Å². The van der Waals surface area contributed by atoms with Crippen LogP contribution in [0.15, 0.2) is 48.5 Å². The molecular formula is C27H41ClN4O5S. The van der Waals surface area contributed by atoms with Gasteiger partial charge in [0.25, 0.3) is 0 Å². The lowest BCUT2D eigenvalue weighted by Crippen LogP contribution is -2.51. The summed E-state index contributed by atoms with van der Waals surface area (Å²) in [5.74, 6) is 1.35. The van der Waals surface area contributed by atoms with E-state index in [9.17, 15) is 13.2 Å². The van der Waals surface area contributed by atoms with Crippen molar-refractivity contribution in [1.29, 1.82) is 0 Å². The monoisotopic (exact) mass is 568 g/mol. The second-order valence-electron chi connectivity index (χ2n) is 9.42. The van der Waals surface area contributed by atoms with Gasteiger partial charge in [-0.05, 0) is 61.2 Å². The molecule has 9 nitrogen and oxygen atoms in total. The lowest BCUT2D eigenvalue weighted by molar-refractivity contribution is 0.0930. The Kier molecular flexibility index (Phi) is 13.2. The second kappa shape index (κ2) is 15.8. The number of sulfonamides is 1. The maximum absolute atomic E-state index is 12.7. The molecule has 212 valence electrons. The van der Waals surface area contributed by atoms with E-state index in [1.54, 1.807) is 31.4 Å². The third-order valence-electron chi connectivity index (χ3n) is 6.32. The highest BCUT2D eigenvalue weighted by molar-refractivity contribution is 7.92. The Labute approximate surface area is 233 Å². The Balaban J connectivity index is 0.00000507. The number of rotatable bonds is 13. The van der Waals surface area contributed by atoms with Crippen LogP contribution in [0.2, 0.25) is 0 Å². The third-order valence-corrected chi connectivity index (χ3v) is 6.93. The molecular weight excluding hydrogens is 528 g/mol. The number of halogens is 1. The topological polar surface area (TPSA) is 100 Å². The molecule has 1 fully saturated rings. The number of piperidine rings is 1. The van der Waals surface area contributed by atoms with Gasteiger partial charge >= 0.3 is 6.03 Å². The van der Waals surface area contributed by atoms with E-state index >= 15 is 0 Å². The fourth-order valence-electron chi connectivity index (χ4n) is 4.36. The number of carbonyl (C=O) groups is 1. The fraction of sp³-hybridized carbons (Fsp3) is 0.519. The summed E-state index contributed by atoms with van der Waals surface area (Å²) in [5.41, 5.74) is 1.69. The summed E-state index contributed by atoms with van der Waals surface area (Å²) in [7, 11) is -1.64. The molecule has 2 N–H and O–H groups in total. The third kappa shape index (κ3) is 10.7. The first-order valence-corrected chi connectivity index (χ1v) is 14.8. The van der Waals surface area contributed by atoms with Crippen molar-refractivity contribution in [1.82, 2.24) is 15.1 Å². The van der Waals surface area contributed by atoms with Crippen LogP contribution in [0.5, 0.6) is 11.5 Å². The van der Waals surface area contributed by atoms with Gasteiger partial charge in [0.05, 0.1) is 12.9 Å². The number of hydrogen-bond acceptors (Lipinski definition) is 6. The van der Waals surface area contributed by atoms with Crippen LogP contribution in [0.1, 0.15) is 38.2 Å². The number of nitrogens with one attached hydrogen (secondary N) is 2. The number of unbranched alkanes of at least 4 members (excludes halogenated alkanes) is 1. The van der Waals surface area contributed by atoms with Gasteiger partial charge in [0.15, 0.2) is 0 Å². The van der Waals surface area contributed by atoms with Crippen LogP contribution in [-0.4, -0.2) is 76.4 Å². The fourth-order valence-corrected chi connectivity index (χ4v) is 4.93. The summed E-state index contributed by atoms with van der Waals surface area (Å²) in [6.45, 7) is 6.69. The predicted octanol–water partition coefficient (Wildman–Crippen LogP) is 4.69. The van der Waals surface area contributed by atoms with Crippen molar-refractivity contribution in [2.75, 3.05) is 50.9 Å². The minimum Gasteiger partial charge on any atom is -0.457 e. The zero-order valence-corrected chi connectivity index (χ0v) is 24.2. The van der Waals surface area contributed by atoms with Crippen LogP contribution in [0.4, 0.5) is 10.5 Å². The van der Waals surface area contributed by atoms with Crippen molar-refractivity contribution < 1.29 is 22.7 Å². The number of carbonyl (C=O) groups excluding carboxylic acids is 1. The number of anilines is 1. The number of urea groups is 1. The zero-order valence-electron chi connectivity index (χ0n) is 22.5. The lowest BCUT2D eigenvalue weighted by atomic mass is 10.0. The summed E-state index contributed by atoms with van der Waals surface area (Å²) >= 11 is 0. The molecule has 0 aromatic heterocycles. The Morgan fingerprint density at radius 3 is 2.21 bits per heavy atom. The minimum absolute atomic E-state index is 0. The molecule has 0 saturated carbocycles. The highest BCUT2D eigenvalue weighted by atomic mass is 35.5. The summed E-state index contributed by atoms with van der Waals surface area (Å²) in [6.07, 6.45) is 5.04. The summed E-state index contributed by atoms with van der Waals surface area (Å²) in [4.78, 5) is 17.1. The lowest BCUT2D eigenvalue weighted by Gasteiger charge is -2.38. The maximum atomic E-state index is 12.7. The molecule has 2 aromatic carbocycles. The van der Waals surface area contributed by atoms with E-state index in [2.05, 4.69) is 34.0 Å². The standard InChI is InChI=1S/C27H40N4O5S.ClH/c1-4-5-16-28-27(32)31(19-20-35-2)24-14-17-30(18-15-24)21-22-6-10-25(11-7-22)36-26-12-8-23(9-13-26)29-37(3,33)34;/h6-13,24,29H,4-5,14-21H2,1-3H3,(H,28,32);1H. The van der Waals surface area contributed by atoms with Crippen molar-refractivity contribution >= 4 is 34.1 Å². The molecule has 1 aliphatic rings. The normalized spacial score (nSPS) is 14.4. The van der Waals surface area contributed by atoms with Crippen molar-refractivity contribution in [2.45, 2.75) is 45.2 Å². The number of methoxy groups -OCH3 is 1. The van der Waals surface area contributed by atoms with E-state index in [4.69, 9.17) is 9.47 Å². The highest BCUT2D eigenvalue weighted by Gasteiger charge is 2.27. The van der Waals surface area contributed by atoms with Gasteiger partial charge in [0.1, 0.15) is 11.5 Å². The molecule has 2 aromatic rings. The Morgan fingerprint density at radius 2 is 1.66 bits per heavy atom. The molecule has 3 rings (SSSR count). The summed E-state index contributed by atoms with van der Waals surface area (Å²) in [6, 6.07) is 15.0. The van der Waals surface area contributed by atoms with Crippen LogP contribution < -0.4 is 14.8 Å². The van der Waals surface area contributed by atoms with Crippen LogP contribution >= 0.6 is 12.4 Å². The number of ether oxygens (including phenoxy) is 2. The number of nitrogens with zero attached hydrogens (tertiary/aromatic N) is 2. The number of amides is 2. The average Bonchev–Trinajstić information content (AvgIpc) is 2.87. The second-order valence-corrected chi connectivity index (χ2v) is 11.2. The van der Waals surface area contributed by atoms with Gasteiger partial charge < -0.3 is 19.7 Å². The Morgan fingerprint density at radius 1 is 1.05 bits per heavy atom. The first-order chi connectivity index (χ1) is 17.8. The molecule has 1 aliphatic heterocycles. The summed E-state index contributed by atoms with van der Waals surface area (Å²) < 4.78 is 36.2. The molecule has 1 heterocycles. The average molecular weight is 569 g/mol. The molecule has 11 heteroatoms. The smallest absolute Gasteiger partial charge is 0.317 e. The van der Waals surface area contributed by atoms with Gasteiger partial charge in [-0.15, -0.1) is 12.4 Å². The Hall–Kier alpha value is -2.53. The van der Waals surface area contributed by atoms with Gasteiger partial charge in [0, 0.05) is 51.6 Å².